The summed E-state index contributed by atoms with van der Waals surface area (Å²) in [5.41, 5.74) is 0.884. The molecule has 1 aliphatic rings. The molecule has 27 heavy (non-hydrogen) atoms. The van der Waals surface area contributed by atoms with Crippen LogP contribution < -0.4 is 10.6 Å². The number of nitrogens with zero attached hydrogens (tertiary/aromatic N) is 3. The molecule has 2 N–H and O–H groups in total. The van der Waals surface area contributed by atoms with E-state index in [1.807, 2.05) is 12.1 Å². The first kappa shape index (κ1) is 19.3. The van der Waals surface area contributed by atoms with Crippen LogP contribution in [0.25, 0.3) is 22.2 Å². The standard InChI is InChI=1S/C18H16F3N5.ClH/c19-18(20,21)11-3-4-15(24-8-11)14-10-25-17(26-12-5-7-22-9-12)13-2-1-6-23-16(13)14;/h1-4,6,8,10,12,22H,5,7,9H2,(H,25,26);1H. The molecule has 0 radical (unpaired) electrons. The molecule has 0 saturated carbocycles. The van der Waals surface area contributed by atoms with Crippen molar-refractivity contribution >= 4 is 29.1 Å². The minimum absolute atomic E-state index is 0. The summed E-state index contributed by atoms with van der Waals surface area (Å²) in [7, 11) is 0. The summed E-state index contributed by atoms with van der Waals surface area (Å²) >= 11 is 0. The summed E-state index contributed by atoms with van der Waals surface area (Å²) in [4.78, 5) is 12.9. The quantitative estimate of drug-likeness (QED) is 0.704. The maximum atomic E-state index is 12.7. The lowest BCUT2D eigenvalue weighted by Gasteiger charge is -2.15. The molecule has 1 atom stereocenters. The molecule has 1 fully saturated rings. The minimum Gasteiger partial charge on any atom is -0.365 e. The van der Waals surface area contributed by atoms with E-state index >= 15 is 0 Å². The zero-order valence-corrected chi connectivity index (χ0v) is 14.9. The number of alkyl halides is 3. The van der Waals surface area contributed by atoms with Crippen LogP contribution in [-0.2, 0) is 6.18 Å². The molecule has 4 rings (SSSR count). The normalized spacial score (nSPS) is 16.9. The molecule has 3 aromatic heterocycles. The molecule has 0 spiro atoms. The van der Waals surface area contributed by atoms with E-state index in [1.165, 1.54) is 6.07 Å². The maximum Gasteiger partial charge on any atom is 0.417 e. The molecule has 142 valence electrons. The highest BCUT2D eigenvalue weighted by atomic mass is 35.5. The molecule has 3 aromatic rings. The van der Waals surface area contributed by atoms with Crippen LogP contribution in [0, 0.1) is 0 Å². The van der Waals surface area contributed by atoms with Crippen LogP contribution in [0.3, 0.4) is 0 Å². The highest BCUT2D eigenvalue weighted by Gasteiger charge is 2.30. The molecule has 1 unspecified atom stereocenters. The van der Waals surface area contributed by atoms with Gasteiger partial charge in [-0.1, -0.05) is 0 Å². The summed E-state index contributed by atoms with van der Waals surface area (Å²) < 4.78 is 38.2. The van der Waals surface area contributed by atoms with Crippen LogP contribution in [0.4, 0.5) is 19.0 Å². The van der Waals surface area contributed by atoms with Crippen LogP contribution in [0.5, 0.6) is 0 Å². The van der Waals surface area contributed by atoms with E-state index in [0.29, 0.717) is 22.8 Å². The third kappa shape index (κ3) is 3.96. The second-order valence-corrected chi connectivity index (χ2v) is 6.18. The van der Waals surface area contributed by atoms with E-state index in [1.54, 1.807) is 12.4 Å². The van der Waals surface area contributed by atoms with Crippen molar-refractivity contribution in [2.24, 2.45) is 0 Å². The van der Waals surface area contributed by atoms with Crippen LogP contribution >= 0.6 is 12.4 Å². The fourth-order valence-electron chi connectivity index (χ4n) is 3.07. The Morgan fingerprint density at radius 1 is 1.07 bits per heavy atom. The lowest BCUT2D eigenvalue weighted by molar-refractivity contribution is -0.137. The molecule has 0 bridgehead atoms. The maximum absolute atomic E-state index is 12.7. The number of nitrogens with one attached hydrogen (secondary N) is 2. The van der Waals surface area contributed by atoms with Gasteiger partial charge in [0.15, 0.2) is 0 Å². The number of hydrogen-bond donors (Lipinski definition) is 2. The monoisotopic (exact) mass is 395 g/mol. The van der Waals surface area contributed by atoms with Crippen LogP contribution in [0.2, 0.25) is 0 Å². The van der Waals surface area contributed by atoms with Crippen LogP contribution in [0.1, 0.15) is 12.0 Å². The van der Waals surface area contributed by atoms with E-state index in [4.69, 9.17) is 0 Å². The Morgan fingerprint density at radius 2 is 1.93 bits per heavy atom. The van der Waals surface area contributed by atoms with Crippen molar-refractivity contribution in [1.82, 2.24) is 20.3 Å². The summed E-state index contributed by atoms with van der Waals surface area (Å²) in [6, 6.07) is 6.37. The van der Waals surface area contributed by atoms with Crippen molar-refractivity contribution in [3.63, 3.8) is 0 Å². The first-order chi connectivity index (χ1) is 12.5. The summed E-state index contributed by atoms with van der Waals surface area (Å²) in [5, 5.41) is 7.51. The van der Waals surface area contributed by atoms with Crippen molar-refractivity contribution in [2.75, 3.05) is 18.4 Å². The smallest absolute Gasteiger partial charge is 0.365 e. The highest BCUT2D eigenvalue weighted by molar-refractivity contribution is 5.98. The summed E-state index contributed by atoms with van der Waals surface area (Å²) in [6.07, 6.45) is 0.686. The summed E-state index contributed by atoms with van der Waals surface area (Å²) in [5.74, 6) is 0.720. The van der Waals surface area contributed by atoms with Gasteiger partial charge in [0, 0.05) is 42.1 Å². The number of halogens is 4. The predicted octanol–water partition coefficient (Wildman–Crippen LogP) is 3.91. The third-order valence-electron chi connectivity index (χ3n) is 4.41. The molecule has 4 heterocycles. The van der Waals surface area contributed by atoms with E-state index < -0.39 is 11.7 Å². The molecular formula is C18H17ClF3N5. The lowest BCUT2D eigenvalue weighted by atomic mass is 10.1. The molecule has 0 aliphatic carbocycles. The van der Waals surface area contributed by atoms with Crippen LogP contribution in [0.15, 0.2) is 42.9 Å². The number of rotatable bonds is 3. The lowest BCUT2D eigenvalue weighted by Crippen LogP contribution is -2.22. The molecule has 1 aliphatic heterocycles. The Kier molecular flexibility index (Phi) is 5.48. The average molecular weight is 396 g/mol. The Hall–Kier alpha value is -2.45. The van der Waals surface area contributed by atoms with Crippen molar-refractivity contribution in [3.8, 4) is 11.3 Å². The van der Waals surface area contributed by atoms with Gasteiger partial charge in [-0.2, -0.15) is 13.2 Å². The fraction of sp³-hybridized carbons (Fsp3) is 0.278. The van der Waals surface area contributed by atoms with Gasteiger partial charge in [0.25, 0.3) is 0 Å². The zero-order chi connectivity index (χ0) is 18.1. The van der Waals surface area contributed by atoms with E-state index in [9.17, 15) is 13.2 Å². The third-order valence-corrected chi connectivity index (χ3v) is 4.41. The van der Waals surface area contributed by atoms with Crippen molar-refractivity contribution in [1.29, 1.82) is 0 Å². The summed E-state index contributed by atoms with van der Waals surface area (Å²) in [6.45, 7) is 1.83. The van der Waals surface area contributed by atoms with E-state index in [2.05, 4.69) is 25.6 Å². The SMILES string of the molecule is Cl.FC(F)(F)c1ccc(-c2cnc(NC3CCNC3)c3cccnc23)nc1. The number of hydrogen-bond acceptors (Lipinski definition) is 5. The number of pyridine rings is 3. The zero-order valence-electron chi connectivity index (χ0n) is 14.1. The number of fused-ring (bicyclic) bond motifs is 1. The van der Waals surface area contributed by atoms with Crippen molar-refractivity contribution in [2.45, 2.75) is 18.6 Å². The molecule has 9 heteroatoms. The molecule has 1 saturated heterocycles. The Balaban J connectivity index is 0.00000210. The van der Waals surface area contributed by atoms with Gasteiger partial charge in [0.1, 0.15) is 5.82 Å². The van der Waals surface area contributed by atoms with Crippen LogP contribution in [-0.4, -0.2) is 34.1 Å². The van der Waals surface area contributed by atoms with Crippen molar-refractivity contribution < 1.29 is 13.2 Å². The number of aromatic nitrogens is 3. The molecular weight excluding hydrogens is 379 g/mol. The van der Waals surface area contributed by atoms with Gasteiger partial charge in [0.2, 0.25) is 0 Å². The number of anilines is 1. The van der Waals surface area contributed by atoms with Gasteiger partial charge < -0.3 is 10.6 Å². The largest absolute Gasteiger partial charge is 0.417 e. The second kappa shape index (κ2) is 7.66. The average Bonchev–Trinajstić information content (AvgIpc) is 3.15. The molecule has 0 amide bonds. The van der Waals surface area contributed by atoms with Gasteiger partial charge in [-0.05, 0) is 37.2 Å². The Morgan fingerprint density at radius 3 is 2.59 bits per heavy atom. The second-order valence-electron chi connectivity index (χ2n) is 6.18. The minimum atomic E-state index is -4.41. The Bertz CT molecular complexity index is 924. The Labute approximate surface area is 159 Å². The first-order valence-electron chi connectivity index (χ1n) is 8.27. The van der Waals surface area contributed by atoms with E-state index in [-0.39, 0.29) is 12.4 Å². The van der Waals surface area contributed by atoms with E-state index in [0.717, 1.165) is 43.0 Å². The topological polar surface area (TPSA) is 62.7 Å². The molecule has 0 aromatic carbocycles. The first-order valence-corrected chi connectivity index (χ1v) is 8.27. The highest BCUT2D eigenvalue weighted by Crippen LogP contribution is 2.32. The van der Waals surface area contributed by atoms with Crippen molar-refractivity contribution in [3.05, 3.63) is 48.4 Å². The predicted molar refractivity (Wildman–Crippen MR) is 99.9 cm³/mol. The molecule has 5 nitrogen and oxygen atoms in total. The van der Waals surface area contributed by atoms with Gasteiger partial charge in [-0.25, -0.2) is 4.98 Å². The van der Waals surface area contributed by atoms with Gasteiger partial charge in [0.05, 0.1) is 16.8 Å². The van der Waals surface area contributed by atoms with Gasteiger partial charge in [-0.3, -0.25) is 9.97 Å². The fourth-order valence-corrected chi connectivity index (χ4v) is 3.07. The van der Waals surface area contributed by atoms with Gasteiger partial charge in [-0.15, -0.1) is 12.4 Å². The van der Waals surface area contributed by atoms with Gasteiger partial charge >= 0.3 is 6.18 Å².